The largest absolute Gasteiger partial charge is 0.457 e. The summed E-state index contributed by atoms with van der Waals surface area (Å²) in [6.07, 6.45) is -2.83. The number of pyridine rings is 1. The van der Waals surface area contributed by atoms with Gasteiger partial charge in [-0.3, -0.25) is 9.78 Å². The molecule has 0 saturated heterocycles. The van der Waals surface area contributed by atoms with E-state index in [0.717, 1.165) is 12.1 Å². The smallest absolute Gasteiger partial charge is 0.416 e. The van der Waals surface area contributed by atoms with Crippen LogP contribution in [0.3, 0.4) is 0 Å². The molecule has 0 bridgehead atoms. The monoisotopic (exact) mass is 452 g/mol. The van der Waals surface area contributed by atoms with Gasteiger partial charge in [0.2, 0.25) is 0 Å². The molecule has 0 fully saturated rings. The van der Waals surface area contributed by atoms with Gasteiger partial charge >= 0.3 is 6.18 Å². The van der Waals surface area contributed by atoms with Crippen LogP contribution < -0.4 is 10.1 Å². The summed E-state index contributed by atoms with van der Waals surface area (Å²) < 4.78 is 44.1. The molecule has 0 radical (unpaired) electrons. The summed E-state index contributed by atoms with van der Waals surface area (Å²) in [5.74, 6) is 0.329. The van der Waals surface area contributed by atoms with Crippen LogP contribution in [-0.2, 0) is 6.18 Å². The maximum absolute atomic E-state index is 12.8. The summed E-state index contributed by atoms with van der Waals surface area (Å²) in [4.78, 5) is 16.9. The number of hydrogen-bond acceptors (Lipinski definition) is 4. The summed E-state index contributed by atoms with van der Waals surface area (Å²) >= 11 is 0. The number of amides is 1. The third-order valence-electron chi connectivity index (χ3n) is 5.04. The molecule has 1 aromatic heterocycles. The third kappa shape index (κ3) is 5.12. The van der Waals surface area contributed by atoms with Gasteiger partial charge in [0, 0.05) is 17.1 Å². The second-order valence-electron chi connectivity index (χ2n) is 7.28. The Morgan fingerprint density at radius 3 is 2.45 bits per heavy atom. The Bertz CT molecular complexity index is 1260. The molecule has 0 aliphatic heterocycles. The molecule has 0 saturated carbocycles. The standard InChI is InChI=1S/C25H19F3N2O3/c26-25(27,28)18-8-10-19(11-9-18)33-23-6-3-4-16-14-17(7-12-20(16)23)24(32)30-22(15-31)21-5-1-2-13-29-21/h1-14,22,31H,15H2,(H,30,32). The number of benzene rings is 3. The molecule has 4 aromatic rings. The van der Waals surface area contributed by atoms with Gasteiger partial charge in [0.25, 0.3) is 5.91 Å². The SMILES string of the molecule is O=C(NC(CO)c1ccccn1)c1ccc2c(Oc3ccc(C(F)(F)F)cc3)cccc2c1. The van der Waals surface area contributed by atoms with Crippen LogP contribution in [0.15, 0.2) is 85.1 Å². The van der Waals surface area contributed by atoms with E-state index in [9.17, 15) is 23.1 Å². The summed E-state index contributed by atoms with van der Waals surface area (Å²) in [7, 11) is 0. The Hall–Kier alpha value is -3.91. The van der Waals surface area contributed by atoms with Crippen molar-refractivity contribution in [2.45, 2.75) is 12.2 Å². The highest BCUT2D eigenvalue weighted by molar-refractivity contribution is 6.00. The van der Waals surface area contributed by atoms with Crippen LogP contribution in [0, 0.1) is 0 Å². The maximum atomic E-state index is 12.8. The second-order valence-corrected chi connectivity index (χ2v) is 7.28. The minimum absolute atomic E-state index is 0.262. The van der Waals surface area contributed by atoms with E-state index >= 15 is 0 Å². The van der Waals surface area contributed by atoms with E-state index in [1.54, 1.807) is 60.8 Å². The Morgan fingerprint density at radius 2 is 1.79 bits per heavy atom. The van der Waals surface area contributed by atoms with Crippen molar-refractivity contribution in [3.05, 3.63) is 102 Å². The van der Waals surface area contributed by atoms with E-state index in [4.69, 9.17) is 4.74 Å². The highest BCUT2D eigenvalue weighted by Gasteiger charge is 2.30. The predicted molar refractivity (Wildman–Crippen MR) is 117 cm³/mol. The molecule has 4 rings (SSSR count). The number of carbonyl (C=O) groups excluding carboxylic acids is 1. The van der Waals surface area contributed by atoms with E-state index in [1.807, 2.05) is 0 Å². The zero-order chi connectivity index (χ0) is 23.4. The number of ether oxygens (including phenoxy) is 1. The average molecular weight is 452 g/mol. The summed E-state index contributed by atoms with van der Waals surface area (Å²) in [5.41, 5.74) is 0.167. The van der Waals surface area contributed by atoms with Crippen LogP contribution in [0.1, 0.15) is 27.7 Å². The fraction of sp³-hybridized carbons (Fsp3) is 0.120. The lowest BCUT2D eigenvalue weighted by Crippen LogP contribution is -2.31. The van der Waals surface area contributed by atoms with Crippen LogP contribution >= 0.6 is 0 Å². The topological polar surface area (TPSA) is 71.5 Å². The fourth-order valence-electron chi connectivity index (χ4n) is 3.36. The van der Waals surface area contributed by atoms with Crippen molar-refractivity contribution in [1.29, 1.82) is 0 Å². The number of aromatic nitrogens is 1. The summed E-state index contributed by atoms with van der Waals surface area (Å²) in [6, 6.07) is 19.2. The molecule has 8 heteroatoms. The van der Waals surface area contributed by atoms with Crippen molar-refractivity contribution >= 4 is 16.7 Å². The first-order valence-corrected chi connectivity index (χ1v) is 10.1. The van der Waals surface area contributed by atoms with Crippen LogP contribution in [0.4, 0.5) is 13.2 Å². The Labute approximate surface area is 187 Å². The van der Waals surface area contributed by atoms with Crippen molar-refractivity contribution in [3.63, 3.8) is 0 Å². The van der Waals surface area contributed by atoms with Gasteiger partial charge in [0.1, 0.15) is 11.5 Å². The van der Waals surface area contributed by atoms with E-state index in [-0.39, 0.29) is 18.3 Å². The number of nitrogens with zero attached hydrogens (tertiary/aromatic N) is 1. The molecule has 5 nitrogen and oxygen atoms in total. The Kier molecular flexibility index (Phi) is 6.28. The molecule has 3 aromatic carbocycles. The minimum atomic E-state index is -4.42. The number of aliphatic hydroxyl groups is 1. The minimum Gasteiger partial charge on any atom is -0.457 e. The first-order chi connectivity index (χ1) is 15.8. The van der Waals surface area contributed by atoms with Crippen LogP contribution in [-0.4, -0.2) is 22.6 Å². The maximum Gasteiger partial charge on any atom is 0.416 e. The van der Waals surface area contributed by atoms with Crippen molar-refractivity contribution in [2.24, 2.45) is 0 Å². The van der Waals surface area contributed by atoms with Crippen LogP contribution in [0.2, 0.25) is 0 Å². The molecule has 2 N–H and O–H groups in total. The van der Waals surface area contributed by atoms with Gasteiger partial charge in [-0.2, -0.15) is 13.2 Å². The molecular formula is C25H19F3N2O3. The number of halogens is 3. The van der Waals surface area contributed by atoms with Gasteiger partial charge in [0.15, 0.2) is 0 Å². The second kappa shape index (κ2) is 9.30. The number of fused-ring (bicyclic) bond motifs is 1. The first-order valence-electron chi connectivity index (χ1n) is 10.1. The number of hydrogen-bond donors (Lipinski definition) is 2. The fourth-order valence-corrected chi connectivity index (χ4v) is 3.36. The number of carbonyl (C=O) groups is 1. The molecule has 1 atom stereocenters. The highest BCUT2D eigenvalue weighted by Crippen LogP contribution is 2.33. The molecular weight excluding hydrogens is 433 g/mol. The quantitative estimate of drug-likeness (QED) is 0.405. The molecule has 33 heavy (non-hydrogen) atoms. The van der Waals surface area contributed by atoms with Crippen molar-refractivity contribution in [1.82, 2.24) is 10.3 Å². The molecule has 0 spiro atoms. The molecule has 0 aliphatic carbocycles. The normalized spacial score (nSPS) is 12.4. The summed E-state index contributed by atoms with van der Waals surface area (Å²) in [6.45, 7) is -0.304. The highest BCUT2D eigenvalue weighted by atomic mass is 19.4. The molecule has 1 unspecified atom stereocenters. The van der Waals surface area contributed by atoms with Crippen molar-refractivity contribution < 1.29 is 27.8 Å². The number of aliphatic hydroxyl groups excluding tert-OH is 1. The predicted octanol–water partition coefficient (Wildman–Crippen LogP) is 5.51. The molecule has 168 valence electrons. The Morgan fingerprint density at radius 1 is 1.00 bits per heavy atom. The third-order valence-corrected chi connectivity index (χ3v) is 5.04. The number of alkyl halides is 3. The molecule has 1 amide bonds. The van der Waals surface area contributed by atoms with Crippen LogP contribution in [0.25, 0.3) is 10.8 Å². The number of rotatable bonds is 6. The molecule has 1 heterocycles. The zero-order valence-electron chi connectivity index (χ0n) is 17.2. The van der Waals surface area contributed by atoms with Gasteiger partial charge in [0.05, 0.1) is 23.9 Å². The van der Waals surface area contributed by atoms with Gasteiger partial charge < -0.3 is 15.2 Å². The zero-order valence-corrected chi connectivity index (χ0v) is 17.2. The first kappa shape index (κ1) is 22.3. The van der Waals surface area contributed by atoms with Crippen molar-refractivity contribution in [3.8, 4) is 11.5 Å². The van der Waals surface area contributed by atoms with Gasteiger partial charge in [-0.15, -0.1) is 0 Å². The van der Waals surface area contributed by atoms with E-state index in [0.29, 0.717) is 27.8 Å². The lowest BCUT2D eigenvalue weighted by atomic mass is 10.0. The average Bonchev–Trinajstić information content (AvgIpc) is 2.82. The molecule has 0 aliphatic rings. The Balaban J connectivity index is 1.55. The van der Waals surface area contributed by atoms with Gasteiger partial charge in [-0.25, -0.2) is 0 Å². The number of nitrogens with one attached hydrogen (secondary N) is 1. The van der Waals surface area contributed by atoms with Gasteiger partial charge in [-0.1, -0.05) is 18.2 Å². The lowest BCUT2D eigenvalue weighted by molar-refractivity contribution is -0.137. The van der Waals surface area contributed by atoms with E-state index < -0.39 is 17.8 Å². The van der Waals surface area contributed by atoms with Gasteiger partial charge in [-0.05, 0) is 66.0 Å². The van der Waals surface area contributed by atoms with E-state index in [1.165, 1.54) is 12.1 Å². The van der Waals surface area contributed by atoms with Crippen LogP contribution in [0.5, 0.6) is 11.5 Å². The van der Waals surface area contributed by atoms with Crippen molar-refractivity contribution in [2.75, 3.05) is 6.61 Å². The summed E-state index contributed by atoms with van der Waals surface area (Å²) in [5, 5.41) is 13.8. The van der Waals surface area contributed by atoms with E-state index in [2.05, 4.69) is 10.3 Å². The lowest BCUT2D eigenvalue weighted by Gasteiger charge is -2.16.